The number of nitrogens with zero attached hydrogens (tertiary/aromatic N) is 2. The number of aromatic nitrogens is 1. The molecular weight excluding hydrogens is 388 g/mol. The van der Waals surface area contributed by atoms with Crippen LogP contribution in [0.25, 0.3) is 27.8 Å². The highest BCUT2D eigenvalue weighted by Crippen LogP contribution is 2.35. The standard InChI is InChI=1S/C25H24N4S/c1-18(2)27-25(30)28-26-17-22-21-15-9-10-16-23(21)29(20-13-7-4-8-14-20)24(22)19-11-5-3-6-12-19/h3-18H,1-2H3,(H2,27,28,30). The van der Waals surface area contributed by atoms with Gasteiger partial charge < -0.3 is 9.88 Å². The van der Waals surface area contributed by atoms with Gasteiger partial charge in [0.25, 0.3) is 0 Å². The minimum atomic E-state index is 0.250. The highest BCUT2D eigenvalue weighted by molar-refractivity contribution is 7.80. The molecule has 150 valence electrons. The van der Waals surface area contributed by atoms with Crippen LogP contribution in [0.5, 0.6) is 0 Å². The van der Waals surface area contributed by atoms with Crippen molar-refractivity contribution in [3.05, 3.63) is 90.5 Å². The van der Waals surface area contributed by atoms with Crippen molar-refractivity contribution in [2.45, 2.75) is 19.9 Å². The number of thiocarbonyl (C=S) groups is 1. The van der Waals surface area contributed by atoms with Crippen LogP contribution >= 0.6 is 12.2 Å². The van der Waals surface area contributed by atoms with Crippen LogP contribution in [0, 0.1) is 0 Å². The molecule has 0 spiro atoms. The lowest BCUT2D eigenvalue weighted by Gasteiger charge is -2.12. The largest absolute Gasteiger partial charge is 0.359 e. The van der Waals surface area contributed by atoms with Gasteiger partial charge in [0.15, 0.2) is 5.11 Å². The molecule has 4 nitrogen and oxygen atoms in total. The molecule has 0 amide bonds. The molecule has 4 rings (SSSR count). The van der Waals surface area contributed by atoms with Crippen LogP contribution in [0.1, 0.15) is 19.4 Å². The van der Waals surface area contributed by atoms with Crippen LogP contribution in [-0.4, -0.2) is 21.9 Å². The fraction of sp³-hybridized carbons (Fsp3) is 0.120. The molecule has 4 aromatic rings. The molecule has 5 heteroatoms. The Morgan fingerprint density at radius 3 is 2.23 bits per heavy atom. The molecule has 0 aliphatic rings. The van der Waals surface area contributed by atoms with Gasteiger partial charge in [0.05, 0.1) is 17.4 Å². The molecule has 0 fully saturated rings. The molecule has 0 bridgehead atoms. The average molecular weight is 413 g/mol. The molecule has 30 heavy (non-hydrogen) atoms. The maximum Gasteiger partial charge on any atom is 0.187 e. The molecule has 0 radical (unpaired) electrons. The van der Waals surface area contributed by atoms with Crippen LogP contribution in [-0.2, 0) is 0 Å². The van der Waals surface area contributed by atoms with Crippen molar-refractivity contribution in [2.24, 2.45) is 5.10 Å². The van der Waals surface area contributed by atoms with Crippen molar-refractivity contribution in [3.8, 4) is 16.9 Å². The summed E-state index contributed by atoms with van der Waals surface area (Å²) < 4.78 is 2.29. The summed E-state index contributed by atoms with van der Waals surface area (Å²) in [5.41, 5.74) is 8.44. The first-order valence-electron chi connectivity index (χ1n) is 9.99. The van der Waals surface area contributed by atoms with E-state index >= 15 is 0 Å². The van der Waals surface area contributed by atoms with Crippen molar-refractivity contribution in [2.75, 3.05) is 0 Å². The zero-order valence-electron chi connectivity index (χ0n) is 17.0. The first-order valence-corrected chi connectivity index (χ1v) is 10.4. The van der Waals surface area contributed by atoms with Crippen LogP contribution in [0.4, 0.5) is 0 Å². The molecule has 2 N–H and O–H groups in total. The van der Waals surface area contributed by atoms with E-state index in [0.717, 1.165) is 33.4 Å². The Kier molecular flexibility index (Phi) is 5.91. The highest BCUT2D eigenvalue weighted by Gasteiger charge is 2.18. The lowest BCUT2D eigenvalue weighted by atomic mass is 10.1. The molecular formula is C25H24N4S. The molecule has 0 saturated carbocycles. The monoisotopic (exact) mass is 412 g/mol. The van der Waals surface area contributed by atoms with Gasteiger partial charge in [-0.2, -0.15) is 5.10 Å². The Morgan fingerprint density at radius 2 is 1.53 bits per heavy atom. The molecule has 0 unspecified atom stereocenters. The molecule has 1 aromatic heterocycles. The highest BCUT2D eigenvalue weighted by atomic mass is 32.1. The van der Waals surface area contributed by atoms with Gasteiger partial charge in [-0.1, -0.05) is 66.7 Å². The lowest BCUT2D eigenvalue weighted by molar-refractivity contribution is 0.720. The fourth-order valence-corrected chi connectivity index (χ4v) is 3.86. The number of hydrogen-bond acceptors (Lipinski definition) is 2. The van der Waals surface area contributed by atoms with Crippen LogP contribution in [0.3, 0.4) is 0 Å². The van der Waals surface area contributed by atoms with E-state index in [-0.39, 0.29) is 6.04 Å². The Hall–Kier alpha value is -3.44. The van der Waals surface area contributed by atoms with Gasteiger partial charge in [0.2, 0.25) is 0 Å². The van der Waals surface area contributed by atoms with Crippen molar-refractivity contribution in [1.82, 2.24) is 15.3 Å². The van der Waals surface area contributed by atoms with E-state index in [0.29, 0.717) is 5.11 Å². The first kappa shape index (κ1) is 19.9. The molecule has 0 aliphatic carbocycles. The van der Waals surface area contributed by atoms with Crippen LogP contribution in [0.15, 0.2) is 90.0 Å². The number of para-hydroxylation sites is 2. The zero-order chi connectivity index (χ0) is 20.9. The summed E-state index contributed by atoms with van der Waals surface area (Å²) in [7, 11) is 0. The predicted octanol–water partition coefficient (Wildman–Crippen LogP) is 5.50. The third-order valence-corrected chi connectivity index (χ3v) is 4.96. The van der Waals surface area contributed by atoms with E-state index in [2.05, 4.69) is 93.2 Å². The van der Waals surface area contributed by atoms with Gasteiger partial charge in [-0.25, -0.2) is 0 Å². The van der Waals surface area contributed by atoms with Crippen LogP contribution < -0.4 is 10.7 Å². The minimum absolute atomic E-state index is 0.250. The number of benzene rings is 3. The molecule has 1 heterocycles. The van der Waals surface area contributed by atoms with Crippen LogP contribution in [0.2, 0.25) is 0 Å². The third-order valence-electron chi connectivity index (χ3n) is 4.75. The van der Waals surface area contributed by atoms with Crippen molar-refractivity contribution < 1.29 is 0 Å². The van der Waals surface area contributed by atoms with Gasteiger partial charge in [-0.05, 0) is 49.8 Å². The summed E-state index contributed by atoms with van der Waals surface area (Å²) in [4.78, 5) is 0. The van der Waals surface area contributed by atoms with Gasteiger partial charge in [0, 0.05) is 22.7 Å². The van der Waals surface area contributed by atoms with Crippen molar-refractivity contribution in [3.63, 3.8) is 0 Å². The maximum absolute atomic E-state index is 5.31. The predicted molar refractivity (Wildman–Crippen MR) is 130 cm³/mol. The molecule has 0 aliphatic heterocycles. The summed E-state index contributed by atoms with van der Waals surface area (Å²) in [5, 5.41) is 9.23. The quantitative estimate of drug-likeness (QED) is 0.258. The topological polar surface area (TPSA) is 41.4 Å². The fourth-order valence-electron chi connectivity index (χ4n) is 3.57. The Balaban J connectivity index is 1.90. The summed E-state index contributed by atoms with van der Waals surface area (Å²) in [6.45, 7) is 4.08. The molecule has 0 saturated heterocycles. The van der Waals surface area contributed by atoms with E-state index in [1.54, 1.807) is 0 Å². The van der Waals surface area contributed by atoms with Gasteiger partial charge >= 0.3 is 0 Å². The molecule has 3 aromatic carbocycles. The number of fused-ring (bicyclic) bond motifs is 1. The second kappa shape index (κ2) is 8.93. The number of hydrazone groups is 1. The number of hydrogen-bond donors (Lipinski definition) is 2. The van der Waals surface area contributed by atoms with E-state index < -0.39 is 0 Å². The van der Waals surface area contributed by atoms with Crippen molar-refractivity contribution in [1.29, 1.82) is 0 Å². The first-order chi connectivity index (χ1) is 14.6. The third kappa shape index (κ3) is 4.11. The van der Waals surface area contributed by atoms with E-state index in [9.17, 15) is 0 Å². The summed E-state index contributed by atoms with van der Waals surface area (Å²) in [6.07, 6.45) is 1.86. The Labute approximate surface area is 182 Å². The maximum atomic E-state index is 5.31. The summed E-state index contributed by atoms with van der Waals surface area (Å²) in [5.74, 6) is 0. The van der Waals surface area contributed by atoms with E-state index in [1.165, 1.54) is 0 Å². The summed E-state index contributed by atoms with van der Waals surface area (Å²) in [6, 6.07) is 29.5. The van der Waals surface area contributed by atoms with Gasteiger partial charge in [-0.15, -0.1) is 0 Å². The Morgan fingerprint density at radius 1 is 0.900 bits per heavy atom. The minimum Gasteiger partial charge on any atom is -0.359 e. The normalized spacial score (nSPS) is 11.3. The van der Waals surface area contributed by atoms with Gasteiger partial charge in [-0.3, -0.25) is 5.43 Å². The Bertz CT molecular complexity index is 1180. The lowest BCUT2D eigenvalue weighted by Crippen LogP contribution is -2.36. The smallest absolute Gasteiger partial charge is 0.187 e. The van der Waals surface area contributed by atoms with E-state index in [4.69, 9.17) is 12.2 Å². The number of nitrogens with one attached hydrogen (secondary N) is 2. The molecule has 0 atom stereocenters. The average Bonchev–Trinajstić information content (AvgIpc) is 3.09. The SMILES string of the molecule is CC(C)NC(=S)NN=Cc1c(-c2ccccc2)n(-c2ccccc2)c2ccccc12. The second-order valence-electron chi connectivity index (χ2n) is 7.31. The number of rotatable bonds is 5. The van der Waals surface area contributed by atoms with Gasteiger partial charge in [0.1, 0.15) is 0 Å². The van der Waals surface area contributed by atoms with Crippen molar-refractivity contribution >= 4 is 34.4 Å². The summed E-state index contributed by atoms with van der Waals surface area (Å²) >= 11 is 5.31. The van der Waals surface area contributed by atoms with E-state index in [1.807, 2.05) is 32.2 Å². The second-order valence-corrected chi connectivity index (χ2v) is 7.72. The zero-order valence-corrected chi connectivity index (χ0v) is 17.9.